The topological polar surface area (TPSA) is 95.9 Å². The van der Waals surface area contributed by atoms with Gasteiger partial charge in [-0.05, 0) is 31.5 Å². The molecule has 7 nitrogen and oxygen atoms in total. The molecule has 0 aliphatic carbocycles. The first kappa shape index (κ1) is 14.8. The Balaban J connectivity index is 2.05. The summed E-state index contributed by atoms with van der Waals surface area (Å²) in [5, 5.41) is 12.2. The second-order valence-electron chi connectivity index (χ2n) is 4.79. The number of carbonyl (C=O) groups is 3. The van der Waals surface area contributed by atoms with E-state index < -0.39 is 24.0 Å². The van der Waals surface area contributed by atoms with Gasteiger partial charge in [-0.2, -0.15) is 0 Å². The predicted molar refractivity (Wildman–Crippen MR) is 72.8 cm³/mol. The summed E-state index contributed by atoms with van der Waals surface area (Å²) >= 11 is 0. The number of nitrogens with zero attached hydrogens (tertiary/aromatic N) is 1. The van der Waals surface area contributed by atoms with Crippen molar-refractivity contribution in [1.29, 1.82) is 0 Å². The van der Waals surface area contributed by atoms with Crippen LogP contribution in [0.4, 0.5) is 4.79 Å². The Labute approximate surface area is 121 Å². The van der Waals surface area contributed by atoms with E-state index in [4.69, 9.17) is 4.74 Å². The van der Waals surface area contributed by atoms with Crippen LogP contribution in [0.25, 0.3) is 0 Å². The molecular formula is C14H16N2O5. The Hall–Kier alpha value is -2.57. The van der Waals surface area contributed by atoms with Crippen molar-refractivity contribution in [3.05, 3.63) is 29.3 Å². The highest BCUT2D eigenvalue weighted by Crippen LogP contribution is 2.20. The van der Waals surface area contributed by atoms with Gasteiger partial charge < -0.3 is 15.2 Å². The van der Waals surface area contributed by atoms with Gasteiger partial charge in [0.15, 0.2) is 6.10 Å². The first-order chi connectivity index (χ1) is 9.90. The number of rotatable bonds is 3. The summed E-state index contributed by atoms with van der Waals surface area (Å²) in [5.41, 5.74) is 0.771. The van der Waals surface area contributed by atoms with Crippen molar-refractivity contribution >= 4 is 17.9 Å². The number of phenolic OH excluding ortho intramolecular Hbond substituents is 1. The van der Waals surface area contributed by atoms with Crippen molar-refractivity contribution in [2.45, 2.75) is 20.0 Å². The van der Waals surface area contributed by atoms with Gasteiger partial charge in [0.25, 0.3) is 5.91 Å². The number of esters is 1. The van der Waals surface area contributed by atoms with E-state index >= 15 is 0 Å². The van der Waals surface area contributed by atoms with Crippen molar-refractivity contribution in [2.24, 2.45) is 0 Å². The molecule has 1 aliphatic heterocycles. The van der Waals surface area contributed by atoms with E-state index in [0.717, 1.165) is 10.5 Å². The van der Waals surface area contributed by atoms with Gasteiger partial charge in [0.1, 0.15) is 11.3 Å². The number of aromatic hydroxyl groups is 1. The zero-order valence-electron chi connectivity index (χ0n) is 11.8. The fourth-order valence-electron chi connectivity index (χ4n) is 1.99. The number of nitrogens with one attached hydrogen (secondary N) is 1. The van der Waals surface area contributed by atoms with Gasteiger partial charge in [0.05, 0.1) is 0 Å². The van der Waals surface area contributed by atoms with Crippen LogP contribution in [0, 0.1) is 6.92 Å². The van der Waals surface area contributed by atoms with Crippen molar-refractivity contribution in [2.75, 3.05) is 13.1 Å². The number of imide groups is 1. The lowest BCUT2D eigenvalue weighted by Crippen LogP contribution is -2.41. The second-order valence-corrected chi connectivity index (χ2v) is 4.79. The Morgan fingerprint density at radius 1 is 1.43 bits per heavy atom. The lowest BCUT2D eigenvalue weighted by Gasteiger charge is -2.18. The molecule has 7 heteroatoms. The van der Waals surface area contributed by atoms with E-state index in [9.17, 15) is 19.5 Å². The van der Waals surface area contributed by atoms with Crippen molar-refractivity contribution in [1.82, 2.24) is 10.2 Å². The molecule has 1 heterocycles. The first-order valence-corrected chi connectivity index (χ1v) is 6.50. The highest BCUT2D eigenvalue weighted by molar-refractivity contribution is 6.00. The summed E-state index contributed by atoms with van der Waals surface area (Å²) in [7, 11) is 0. The molecule has 1 saturated heterocycles. The van der Waals surface area contributed by atoms with Crippen LogP contribution in [0.5, 0.6) is 5.75 Å². The van der Waals surface area contributed by atoms with Crippen LogP contribution in [-0.2, 0) is 9.53 Å². The van der Waals surface area contributed by atoms with Crippen LogP contribution in [0.15, 0.2) is 18.2 Å². The van der Waals surface area contributed by atoms with Crippen LogP contribution < -0.4 is 5.32 Å². The maximum atomic E-state index is 12.0. The van der Waals surface area contributed by atoms with E-state index in [1.807, 2.05) is 0 Å². The lowest BCUT2D eigenvalue weighted by molar-refractivity contribution is -0.136. The molecule has 1 aliphatic rings. The van der Waals surface area contributed by atoms with Crippen molar-refractivity contribution in [3.63, 3.8) is 0 Å². The summed E-state index contributed by atoms with van der Waals surface area (Å²) in [6.07, 6.45) is -1.11. The zero-order valence-corrected chi connectivity index (χ0v) is 11.8. The minimum atomic E-state index is -1.11. The van der Waals surface area contributed by atoms with Gasteiger partial charge in [-0.15, -0.1) is 0 Å². The van der Waals surface area contributed by atoms with Gasteiger partial charge in [-0.25, -0.2) is 9.59 Å². The van der Waals surface area contributed by atoms with Crippen LogP contribution in [-0.4, -0.2) is 47.1 Å². The number of amides is 3. The summed E-state index contributed by atoms with van der Waals surface area (Å²) in [4.78, 5) is 36.3. The molecule has 2 N–H and O–H groups in total. The molecule has 1 aromatic rings. The minimum Gasteiger partial charge on any atom is -0.507 e. The number of aryl methyl sites for hydroxylation is 1. The molecule has 0 radical (unpaired) electrons. The summed E-state index contributed by atoms with van der Waals surface area (Å²) in [5.74, 6) is -1.61. The quantitative estimate of drug-likeness (QED) is 0.803. The fourth-order valence-corrected chi connectivity index (χ4v) is 1.99. The average Bonchev–Trinajstić information content (AvgIpc) is 2.83. The van der Waals surface area contributed by atoms with E-state index in [1.165, 1.54) is 19.1 Å². The molecule has 0 unspecified atom stereocenters. The Kier molecular flexibility index (Phi) is 4.11. The highest BCUT2D eigenvalue weighted by Gasteiger charge is 2.32. The van der Waals surface area contributed by atoms with E-state index in [0.29, 0.717) is 6.54 Å². The number of carbonyl (C=O) groups excluding carboxylic acids is 3. The largest absolute Gasteiger partial charge is 0.507 e. The van der Waals surface area contributed by atoms with Crippen molar-refractivity contribution in [3.8, 4) is 5.75 Å². The van der Waals surface area contributed by atoms with Gasteiger partial charge in [0.2, 0.25) is 0 Å². The molecular weight excluding hydrogens is 276 g/mol. The molecule has 112 valence electrons. The molecule has 21 heavy (non-hydrogen) atoms. The van der Waals surface area contributed by atoms with E-state index in [2.05, 4.69) is 5.32 Å². The molecule has 2 rings (SSSR count). The summed E-state index contributed by atoms with van der Waals surface area (Å²) in [6, 6.07) is 4.00. The predicted octanol–water partition coefficient (Wildman–Crippen LogP) is 0.798. The molecule has 1 fully saturated rings. The molecule has 0 spiro atoms. The zero-order chi connectivity index (χ0) is 15.6. The standard InChI is InChI=1S/C14H16N2O5/c1-8-3-4-10(11(17)7-8)13(19)21-9(2)12(18)16-6-5-15-14(16)20/h3-4,7,9,17H,5-6H2,1-2H3,(H,15,20)/t9-/m1/s1. The third-order valence-corrected chi connectivity index (χ3v) is 3.13. The summed E-state index contributed by atoms with van der Waals surface area (Å²) < 4.78 is 5.01. The van der Waals surface area contributed by atoms with Gasteiger partial charge in [-0.1, -0.05) is 6.07 Å². The number of hydrogen-bond donors (Lipinski definition) is 2. The third-order valence-electron chi connectivity index (χ3n) is 3.13. The molecule has 3 amide bonds. The molecule has 0 saturated carbocycles. The first-order valence-electron chi connectivity index (χ1n) is 6.50. The molecule has 0 aromatic heterocycles. The summed E-state index contributed by atoms with van der Waals surface area (Å²) in [6.45, 7) is 3.78. The SMILES string of the molecule is Cc1ccc(C(=O)O[C@H](C)C(=O)N2CCNC2=O)c(O)c1. The van der Waals surface area contributed by atoms with Crippen LogP contribution in [0.1, 0.15) is 22.8 Å². The Morgan fingerprint density at radius 2 is 2.14 bits per heavy atom. The Morgan fingerprint density at radius 3 is 2.71 bits per heavy atom. The molecule has 0 bridgehead atoms. The monoisotopic (exact) mass is 292 g/mol. The number of urea groups is 1. The second kappa shape index (κ2) is 5.82. The number of ether oxygens (including phenoxy) is 1. The van der Waals surface area contributed by atoms with E-state index in [-0.39, 0.29) is 17.9 Å². The van der Waals surface area contributed by atoms with Gasteiger partial charge in [-0.3, -0.25) is 9.69 Å². The number of hydrogen-bond acceptors (Lipinski definition) is 5. The third kappa shape index (κ3) is 3.13. The molecule has 1 aromatic carbocycles. The normalized spacial score (nSPS) is 15.5. The van der Waals surface area contributed by atoms with Crippen molar-refractivity contribution < 1.29 is 24.2 Å². The fraction of sp³-hybridized carbons (Fsp3) is 0.357. The van der Waals surface area contributed by atoms with Crippen LogP contribution >= 0.6 is 0 Å². The number of benzene rings is 1. The van der Waals surface area contributed by atoms with Crippen LogP contribution in [0.2, 0.25) is 0 Å². The van der Waals surface area contributed by atoms with Gasteiger partial charge >= 0.3 is 12.0 Å². The molecule has 1 atom stereocenters. The maximum absolute atomic E-state index is 12.0. The van der Waals surface area contributed by atoms with Crippen LogP contribution in [0.3, 0.4) is 0 Å². The average molecular weight is 292 g/mol. The Bertz CT molecular complexity index is 599. The highest BCUT2D eigenvalue weighted by atomic mass is 16.5. The minimum absolute atomic E-state index is 0.0221. The lowest BCUT2D eigenvalue weighted by atomic mass is 10.1. The number of phenols is 1. The smallest absolute Gasteiger partial charge is 0.342 e. The van der Waals surface area contributed by atoms with Gasteiger partial charge in [0, 0.05) is 13.1 Å². The maximum Gasteiger partial charge on any atom is 0.342 e. The van der Waals surface area contributed by atoms with E-state index in [1.54, 1.807) is 13.0 Å².